The summed E-state index contributed by atoms with van der Waals surface area (Å²) in [7, 11) is -1.26. The minimum Gasteiger partial charge on any atom is -0.489 e. The number of hydrogen-bond acceptors (Lipinski definition) is 6. The van der Waals surface area contributed by atoms with Crippen LogP contribution in [-0.4, -0.2) is 61.3 Å². The van der Waals surface area contributed by atoms with Crippen LogP contribution in [0.15, 0.2) is 60.7 Å². The highest BCUT2D eigenvalue weighted by molar-refractivity contribution is 6.34. The van der Waals surface area contributed by atoms with Gasteiger partial charge in [-0.15, -0.1) is 0 Å². The van der Waals surface area contributed by atoms with Crippen LogP contribution < -0.4 is 9.47 Å². The lowest BCUT2D eigenvalue weighted by atomic mass is 10.0. The highest BCUT2D eigenvalue weighted by Crippen LogP contribution is 2.24. The van der Waals surface area contributed by atoms with Gasteiger partial charge < -0.3 is 23.8 Å². The largest absolute Gasteiger partial charge is 0.636 e. The topological polar surface area (TPSA) is 60.4 Å². The Morgan fingerprint density at radius 2 is 1.13 bits per heavy atom. The van der Waals surface area contributed by atoms with Crippen molar-refractivity contribution in [1.29, 1.82) is 0 Å². The van der Waals surface area contributed by atoms with Crippen molar-refractivity contribution in [3.05, 3.63) is 60.7 Å². The van der Waals surface area contributed by atoms with Gasteiger partial charge in [0, 0.05) is 0 Å². The fourth-order valence-corrected chi connectivity index (χ4v) is 5.36. The van der Waals surface area contributed by atoms with Crippen LogP contribution in [0.1, 0.15) is 85.0 Å². The molecule has 0 radical (unpaired) electrons. The second kappa shape index (κ2) is 18.3. The molecule has 0 aromatic heterocycles. The molecule has 39 heavy (non-hydrogen) atoms. The number of rotatable bonds is 17. The van der Waals surface area contributed by atoms with Gasteiger partial charge in [-0.1, -0.05) is 101 Å². The van der Waals surface area contributed by atoms with Gasteiger partial charge in [0.05, 0.1) is 25.3 Å². The summed E-state index contributed by atoms with van der Waals surface area (Å²) in [6.45, 7) is 7.94. The summed E-state index contributed by atoms with van der Waals surface area (Å²) in [5.74, 6) is 1.65. The Hall–Kier alpha value is -2.06. The van der Waals surface area contributed by atoms with Gasteiger partial charge in [0.2, 0.25) is 0 Å². The minimum absolute atomic E-state index is 0.0749. The molecule has 7 heteroatoms. The van der Waals surface area contributed by atoms with Crippen molar-refractivity contribution in [2.75, 3.05) is 19.8 Å². The van der Waals surface area contributed by atoms with Crippen LogP contribution in [0.3, 0.4) is 0 Å². The molecule has 0 bridgehead atoms. The number of benzene rings is 2. The second-order valence-corrected chi connectivity index (χ2v) is 10.8. The van der Waals surface area contributed by atoms with Crippen LogP contribution in [-0.2, 0) is 9.31 Å². The molecule has 6 nitrogen and oxygen atoms in total. The predicted octanol–water partition coefficient (Wildman–Crippen LogP) is 6.91. The standard InChI is InChI=1S/C32H50BNO5/c1-4-5-6-7-8-9-10-11-12-19-24-34-31(27(2)38-29-20-15-13-16-21-29)25-36-33(35)37-26-32(34)28(3)39-30-22-17-14-18-23-30/h13-18,20-23,27-28,31-32,35H,4-12,19,24-26H2,1-3H3. The van der Waals surface area contributed by atoms with Gasteiger partial charge in [-0.2, -0.15) is 0 Å². The van der Waals surface area contributed by atoms with E-state index in [-0.39, 0.29) is 24.3 Å². The molecule has 2 aromatic carbocycles. The average Bonchev–Trinajstić information content (AvgIpc) is 2.93. The van der Waals surface area contributed by atoms with Crippen molar-refractivity contribution < 1.29 is 23.8 Å². The number of ether oxygens (including phenoxy) is 2. The molecule has 4 atom stereocenters. The maximum absolute atomic E-state index is 10.3. The smallest absolute Gasteiger partial charge is 0.489 e. The number of para-hydroxylation sites is 2. The lowest BCUT2D eigenvalue weighted by Crippen LogP contribution is -2.60. The Kier molecular flexibility index (Phi) is 14.8. The first-order chi connectivity index (χ1) is 19.1. The third kappa shape index (κ3) is 11.5. The summed E-state index contributed by atoms with van der Waals surface area (Å²) >= 11 is 0. The van der Waals surface area contributed by atoms with E-state index in [1.165, 1.54) is 57.8 Å². The van der Waals surface area contributed by atoms with Crippen LogP contribution >= 0.6 is 0 Å². The van der Waals surface area contributed by atoms with Crippen molar-refractivity contribution in [3.8, 4) is 11.5 Å². The van der Waals surface area contributed by atoms with Crippen LogP contribution in [0.2, 0.25) is 0 Å². The molecule has 1 fully saturated rings. The van der Waals surface area contributed by atoms with Crippen molar-refractivity contribution in [3.63, 3.8) is 0 Å². The normalized spacial score (nSPS) is 20.2. The quantitative estimate of drug-likeness (QED) is 0.174. The van der Waals surface area contributed by atoms with Crippen LogP contribution in [0.4, 0.5) is 0 Å². The molecule has 4 unspecified atom stereocenters. The zero-order valence-corrected chi connectivity index (χ0v) is 24.4. The fourth-order valence-electron chi connectivity index (χ4n) is 5.36. The van der Waals surface area contributed by atoms with E-state index in [1.54, 1.807) is 0 Å². The summed E-state index contributed by atoms with van der Waals surface area (Å²) in [5.41, 5.74) is 0. The maximum atomic E-state index is 10.3. The molecular formula is C32H50BNO5. The van der Waals surface area contributed by atoms with Crippen molar-refractivity contribution in [1.82, 2.24) is 4.90 Å². The van der Waals surface area contributed by atoms with Gasteiger partial charge in [0.1, 0.15) is 23.7 Å². The Labute approximate surface area is 237 Å². The van der Waals surface area contributed by atoms with Gasteiger partial charge in [-0.05, 0) is 51.1 Å². The summed E-state index contributed by atoms with van der Waals surface area (Å²) in [4.78, 5) is 2.44. The van der Waals surface area contributed by atoms with Crippen LogP contribution in [0, 0.1) is 0 Å². The summed E-state index contributed by atoms with van der Waals surface area (Å²) < 4.78 is 24.2. The van der Waals surface area contributed by atoms with Crippen molar-refractivity contribution >= 4 is 7.32 Å². The summed E-state index contributed by atoms with van der Waals surface area (Å²) in [6.07, 6.45) is 12.6. The molecule has 0 saturated carbocycles. The first-order valence-corrected chi connectivity index (χ1v) is 15.2. The van der Waals surface area contributed by atoms with Gasteiger partial charge in [-0.25, -0.2) is 0 Å². The fraction of sp³-hybridized carbons (Fsp3) is 0.625. The van der Waals surface area contributed by atoms with E-state index >= 15 is 0 Å². The van der Waals surface area contributed by atoms with E-state index in [9.17, 15) is 5.02 Å². The van der Waals surface area contributed by atoms with Gasteiger partial charge in [0.15, 0.2) is 0 Å². The van der Waals surface area contributed by atoms with Gasteiger partial charge >= 0.3 is 7.32 Å². The molecule has 216 valence electrons. The van der Waals surface area contributed by atoms with Crippen molar-refractivity contribution in [2.24, 2.45) is 0 Å². The molecule has 1 saturated heterocycles. The van der Waals surface area contributed by atoms with E-state index in [4.69, 9.17) is 18.8 Å². The Bertz CT molecular complexity index is 814. The van der Waals surface area contributed by atoms with E-state index in [2.05, 4.69) is 25.7 Å². The van der Waals surface area contributed by atoms with Crippen LogP contribution in [0.25, 0.3) is 0 Å². The maximum Gasteiger partial charge on any atom is 0.636 e. The Balaban J connectivity index is 1.66. The first kappa shape index (κ1) is 31.5. The second-order valence-electron chi connectivity index (χ2n) is 10.8. The van der Waals surface area contributed by atoms with Crippen LogP contribution in [0.5, 0.6) is 11.5 Å². The van der Waals surface area contributed by atoms with Gasteiger partial charge in [0.25, 0.3) is 0 Å². The summed E-state index contributed by atoms with van der Waals surface area (Å²) in [6, 6.07) is 19.6. The molecule has 1 heterocycles. The average molecular weight is 540 g/mol. The lowest BCUT2D eigenvalue weighted by Gasteiger charge is -2.44. The molecular weight excluding hydrogens is 489 g/mol. The third-order valence-electron chi connectivity index (χ3n) is 7.66. The number of unbranched alkanes of at least 4 members (excludes halogenated alkanes) is 9. The molecule has 0 amide bonds. The lowest BCUT2D eigenvalue weighted by molar-refractivity contribution is -0.0607. The van der Waals surface area contributed by atoms with Crippen molar-refractivity contribution in [2.45, 2.75) is 109 Å². The minimum atomic E-state index is -1.26. The highest BCUT2D eigenvalue weighted by Gasteiger charge is 2.39. The predicted molar refractivity (Wildman–Crippen MR) is 159 cm³/mol. The summed E-state index contributed by atoms with van der Waals surface area (Å²) in [5, 5.41) is 10.3. The Morgan fingerprint density at radius 1 is 0.718 bits per heavy atom. The van der Waals surface area contributed by atoms with E-state index in [0.29, 0.717) is 13.2 Å². The van der Waals surface area contributed by atoms with E-state index < -0.39 is 7.32 Å². The molecule has 3 rings (SSSR count). The van der Waals surface area contributed by atoms with Gasteiger partial charge in [-0.3, -0.25) is 4.90 Å². The van der Waals surface area contributed by atoms with E-state index in [0.717, 1.165) is 24.5 Å². The van der Waals surface area contributed by atoms with E-state index in [1.807, 2.05) is 60.7 Å². The third-order valence-corrected chi connectivity index (χ3v) is 7.66. The molecule has 0 spiro atoms. The zero-order valence-electron chi connectivity index (χ0n) is 24.4. The monoisotopic (exact) mass is 539 g/mol. The molecule has 1 aliphatic heterocycles. The number of nitrogens with zero attached hydrogens (tertiary/aromatic N) is 1. The number of hydrogen-bond donors (Lipinski definition) is 1. The molecule has 1 aliphatic rings. The molecule has 2 aromatic rings. The molecule has 1 N–H and O–H groups in total. The highest BCUT2D eigenvalue weighted by atomic mass is 16.7. The SMILES string of the molecule is CCCCCCCCCCCCN1C(C(C)Oc2ccccc2)COB(O)OCC1C(C)Oc1ccccc1. The first-order valence-electron chi connectivity index (χ1n) is 15.2. The zero-order chi connectivity index (χ0) is 27.7. The Morgan fingerprint density at radius 3 is 1.56 bits per heavy atom. The molecule has 0 aliphatic carbocycles.